The fourth-order valence-corrected chi connectivity index (χ4v) is 3.40. The van der Waals surface area contributed by atoms with Crippen molar-refractivity contribution in [3.8, 4) is 11.5 Å². The third-order valence-corrected chi connectivity index (χ3v) is 5.01. The molecule has 3 N–H and O–H groups in total. The number of imidazole rings is 1. The number of nitrogens with zero attached hydrogens (tertiary/aromatic N) is 3. The lowest BCUT2D eigenvalue weighted by molar-refractivity contribution is 0.0942. The normalized spacial score (nSPS) is 12.0. The Bertz CT molecular complexity index is 1180. The Morgan fingerprint density at radius 3 is 2.67 bits per heavy atom. The van der Waals surface area contributed by atoms with Gasteiger partial charge in [-0.25, -0.2) is 9.97 Å². The van der Waals surface area contributed by atoms with Crippen LogP contribution in [0.2, 0.25) is 0 Å². The van der Waals surface area contributed by atoms with Crippen LogP contribution in [0, 0.1) is 0 Å². The van der Waals surface area contributed by atoms with Crippen molar-refractivity contribution in [3.63, 3.8) is 0 Å². The molecule has 30 heavy (non-hydrogen) atoms. The van der Waals surface area contributed by atoms with Crippen LogP contribution >= 0.6 is 0 Å². The summed E-state index contributed by atoms with van der Waals surface area (Å²) in [5.41, 5.74) is 7.48. The van der Waals surface area contributed by atoms with Crippen LogP contribution in [0.25, 0.3) is 17.1 Å². The summed E-state index contributed by atoms with van der Waals surface area (Å²) < 4.78 is 6.88. The Labute approximate surface area is 172 Å². The quantitative estimate of drug-likeness (QED) is 0.492. The first-order valence-corrected chi connectivity index (χ1v) is 9.63. The smallest absolute Gasteiger partial charge is 0.271 e. The Morgan fingerprint density at radius 1 is 1.20 bits per heavy atom. The molecule has 0 unspecified atom stereocenters. The number of hydrogen-bond acceptors (Lipinski definition) is 5. The largest absolute Gasteiger partial charge is 0.463 e. The van der Waals surface area contributed by atoms with Gasteiger partial charge in [-0.3, -0.25) is 14.0 Å². The number of furan rings is 1. The van der Waals surface area contributed by atoms with Gasteiger partial charge in [0, 0.05) is 12.5 Å². The van der Waals surface area contributed by atoms with Crippen molar-refractivity contribution in [1.29, 1.82) is 0 Å². The summed E-state index contributed by atoms with van der Waals surface area (Å²) in [6.45, 7) is 2.55. The van der Waals surface area contributed by atoms with Gasteiger partial charge < -0.3 is 15.5 Å². The number of rotatable bonds is 7. The second-order valence-corrected chi connectivity index (χ2v) is 6.88. The molecule has 8 nitrogen and oxygen atoms in total. The third-order valence-electron chi connectivity index (χ3n) is 5.01. The lowest BCUT2D eigenvalue weighted by Crippen LogP contribution is -2.30. The summed E-state index contributed by atoms with van der Waals surface area (Å²) in [5.74, 6) is -0.374. The first-order valence-electron chi connectivity index (χ1n) is 9.63. The van der Waals surface area contributed by atoms with E-state index >= 15 is 0 Å². The van der Waals surface area contributed by atoms with E-state index in [-0.39, 0.29) is 28.9 Å². The molecule has 4 rings (SSSR count). The summed E-state index contributed by atoms with van der Waals surface area (Å²) >= 11 is 0. The summed E-state index contributed by atoms with van der Waals surface area (Å²) in [6, 6.07) is 15.1. The van der Waals surface area contributed by atoms with Gasteiger partial charge in [0.2, 0.25) is 0 Å². The summed E-state index contributed by atoms with van der Waals surface area (Å²) in [5, 5.41) is 2.99. The zero-order valence-electron chi connectivity index (χ0n) is 16.4. The van der Waals surface area contributed by atoms with Crippen LogP contribution in [0.15, 0.2) is 65.5 Å². The minimum Gasteiger partial charge on any atom is -0.463 e. The summed E-state index contributed by atoms with van der Waals surface area (Å²) in [4.78, 5) is 33.3. The Balaban J connectivity index is 1.68. The van der Waals surface area contributed by atoms with E-state index in [1.165, 1.54) is 17.0 Å². The number of amides is 2. The number of carbonyl (C=O) groups is 2. The number of fused-ring (bicyclic) bond motifs is 1. The molecule has 1 aromatic carbocycles. The second-order valence-electron chi connectivity index (χ2n) is 6.88. The molecule has 0 bridgehead atoms. The van der Waals surface area contributed by atoms with E-state index < -0.39 is 5.91 Å². The van der Waals surface area contributed by atoms with E-state index in [4.69, 9.17) is 10.2 Å². The summed E-state index contributed by atoms with van der Waals surface area (Å²) in [6.07, 6.45) is 3.76. The van der Waals surface area contributed by atoms with Crippen molar-refractivity contribution in [3.05, 3.63) is 78.1 Å². The average molecular weight is 403 g/mol. The van der Waals surface area contributed by atoms with Crippen LogP contribution in [0.5, 0.6) is 0 Å². The molecule has 0 spiro atoms. The summed E-state index contributed by atoms with van der Waals surface area (Å²) in [7, 11) is 0. The Hall–Kier alpha value is -3.94. The standard InChI is InChI=1S/C22H21N5O3/c1-2-14(15-7-4-3-5-8-15)12-24-22(29)17-11-16(18-9-6-10-30-18)26-21-19(20(23)28)25-13-27(17)21/h3-11,13-14H,2,12H2,1H3,(H2,23,28)(H,24,29)/t14-/m0/s1. The van der Waals surface area contributed by atoms with Gasteiger partial charge in [0.1, 0.15) is 17.7 Å². The predicted octanol–water partition coefficient (Wildman–Crippen LogP) is 3.01. The van der Waals surface area contributed by atoms with Crippen molar-refractivity contribution >= 4 is 17.5 Å². The number of primary amides is 1. The Morgan fingerprint density at radius 2 is 2.00 bits per heavy atom. The molecule has 1 atom stereocenters. The number of aromatic nitrogens is 3. The van der Waals surface area contributed by atoms with Gasteiger partial charge in [-0.2, -0.15) is 0 Å². The molecule has 0 aliphatic heterocycles. The SMILES string of the molecule is CC[C@@H](CNC(=O)c1cc(-c2ccco2)nc2c(C(N)=O)ncn12)c1ccccc1. The molecular weight excluding hydrogens is 382 g/mol. The second kappa shape index (κ2) is 8.20. The molecule has 0 fully saturated rings. The van der Waals surface area contributed by atoms with E-state index in [1.807, 2.05) is 18.2 Å². The highest BCUT2D eigenvalue weighted by molar-refractivity contribution is 5.99. The maximum Gasteiger partial charge on any atom is 0.271 e. The van der Waals surface area contributed by atoms with Crippen LogP contribution in [0.1, 0.15) is 45.8 Å². The molecule has 3 heterocycles. The Kier molecular flexibility index (Phi) is 5.30. The van der Waals surface area contributed by atoms with Crippen LogP contribution in [0.4, 0.5) is 0 Å². The predicted molar refractivity (Wildman–Crippen MR) is 111 cm³/mol. The van der Waals surface area contributed by atoms with Crippen molar-refractivity contribution in [1.82, 2.24) is 19.7 Å². The van der Waals surface area contributed by atoms with Gasteiger partial charge in [0.25, 0.3) is 11.8 Å². The van der Waals surface area contributed by atoms with E-state index in [2.05, 4.69) is 34.3 Å². The van der Waals surface area contributed by atoms with Gasteiger partial charge >= 0.3 is 0 Å². The van der Waals surface area contributed by atoms with E-state index in [1.54, 1.807) is 18.2 Å². The van der Waals surface area contributed by atoms with E-state index in [9.17, 15) is 9.59 Å². The highest BCUT2D eigenvalue weighted by Gasteiger charge is 2.21. The minimum absolute atomic E-state index is 0.00632. The first kappa shape index (κ1) is 19.4. The van der Waals surface area contributed by atoms with Gasteiger partial charge in [0.15, 0.2) is 17.1 Å². The zero-order chi connectivity index (χ0) is 21.1. The van der Waals surface area contributed by atoms with Crippen LogP contribution in [-0.2, 0) is 0 Å². The number of benzene rings is 1. The number of nitrogens with two attached hydrogens (primary N) is 1. The fraction of sp³-hybridized carbons (Fsp3) is 0.182. The van der Waals surface area contributed by atoms with Crippen LogP contribution in [0.3, 0.4) is 0 Å². The lowest BCUT2D eigenvalue weighted by atomic mass is 9.96. The number of carbonyl (C=O) groups excluding carboxylic acids is 2. The molecule has 152 valence electrons. The monoisotopic (exact) mass is 403 g/mol. The highest BCUT2D eigenvalue weighted by atomic mass is 16.3. The van der Waals surface area contributed by atoms with E-state index in [0.717, 1.165) is 12.0 Å². The fourth-order valence-electron chi connectivity index (χ4n) is 3.40. The third kappa shape index (κ3) is 3.67. The molecule has 8 heteroatoms. The molecule has 0 aliphatic carbocycles. The van der Waals surface area contributed by atoms with E-state index in [0.29, 0.717) is 18.0 Å². The van der Waals surface area contributed by atoms with Crippen molar-refractivity contribution < 1.29 is 14.0 Å². The maximum absolute atomic E-state index is 13.1. The molecule has 2 amide bonds. The van der Waals surface area contributed by atoms with Gasteiger partial charge in [-0.1, -0.05) is 37.3 Å². The first-order chi connectivity index (χ1) is 14.6. The van der Waals surface area contributed by atoms with Crippen LogP contribution < -0.4 is 11.1 Å². The maximum atomic E-state index is 13.1. The lowest BCUT2D eigenvalue weighted by Gasteiger charge is -2.16. The van der Waals surface area contributed by atoms with Gasteiger partial charge in [0.05, 0.1) is 6.26 Å². The number of nitrogens with one attached hydrogen (secondary N) is 1. The molecule has 0 saturated heterocycles. The minimum atomic E-state index is -0.719. The van der Waals surface area contributed by atoms with Crippen molar-refractivity contribution in [2.45, 2.75) is 19.3 Å². The number of hydrogen-bond donors (Lipinski definition) is 2. The molecular formula is C22H21N5O3. The molecule has 3 aromatic heterocycles. The average Bonchev–Trinajstić information content (AvgIpc) is 3.44. The molecule has 0 radical (unpaired) electrons. The zero-order valence-corrected chi connectivity index (χ0v) is 16.4. The van der Waals surface area contributed by atoms with Crippen molar-refractivity contribution in [2.75, 3.05) is 6.54 Å². The van der Waals surface area contributed by atoms with Crippen molar-refractivity contribution in [2.24, 2.45) is 5.73 Å². The molecule has 4 aromatic rings. The highest BCUT2D eigenvalue weighted by Crippen LogP contribution is 2.22. The molecule has 0 aliphatic rings. The van der Waals surface area contributed by atoms with Crippen LogP contribution in [-0.4, -0.2) is 32.7 Å². The molecule has 0 saturated carbocycles. The van der Waals surface area contributed by atoms with Gasteiger partial charge in [-0.15, -0.1) is 0 Å². The topological polar surface area (TPSA) is 116 Å². The van der Waals surface area contributed by atoms with Gasteiger partial charge in [-0.05, 0) is 30.2 Å².